The van der Waals surface area contributed by atoms with Gasteiger partial charge in [0.1, 0.15) is 0 Å². The molecule has 0 aromatic heterocycles. The molecule has 144 valence electrons. The molecule has 0 aliphatic carbocycles. The number of halogens is 1. The fourth-order valence-corrected chi connectivity index (χ4v) is 3.31. The zero-order valence-electron chi connectivity index (χ0n) is 15.3. The summed E-state index contributed by atoms with van der Waals surface area (Å²) in [5, 5.41) is 5.68. The van der Waals surface area contributed by atoms with Gasteiger partial charge in [0, 0.05) is 32.4 Å². The Kier molecular flexibility index (Phi) is 10.2. The van der Waals surface area contributed by atoms with Crippen molar-refractivity contribution in [2.75, 3.05) is 39.2 Å². The summed E-state index contributed by atoms with van der Waals surface area (Å²) in [6, 6.07) is 4.58. The quantitative estimate of drug-likeness (QED) is 0.622. The highest BCUT2D eigenvalue weighted by molar-refractivity contribution is 7.89. The highest BCUT2D eigenvalue weighted by atomic mass is 35.5. The summed E-state index contributed by atoms with van der Waals surface area (Å²) < 4.78 is 31.3. The molecular weight excluding hydrogens is 366 g/mol. The minimum absolute atomic E-state index is 0. The second kappa shape index (κ2) is 10.7. The number of aryl methyl sites for hydroxylation is 1. The van der Waals surface area contributed by atoms with E-state index in [2.05, 4.69) is 10.6 Å². The average molecular weight is 394 g/mol. The van der Waals surface area contributed by atoms with Gasteiger partial charge in [-0.15, -0.1) is 12.4 Å². The van der Waals surface area contributed by atoms with Gasteiger partial charge in [-0.1, -0.05) is 6.07 Å². The van der Waals surface area contributed by atoms with Crippen LogP contribution in [0.2, 0.25) is 0 Å². The summed E-state index contributed by atoms with van der Waals surface area (Å²) in [7, 11) is -0.460. The summed E-state index contributed by atoms with van der Waals surface area (Å²) in [4.78, 5) is 12.1. The molecule has 0 spiro atoms. The normalized spacial score (nSPS) is 11.5. The van der Waals surface area contributed by atoms with Crippen molar-refractivity contribution in [1.82, 2.24) is 9.62 Å². The maximum atomic E-state index is 12.6. The third-order valence-electron chi connectivity index (χ3n) is 3.66. The topological polar surface area (TPSA) is 87.7 Å². The van der Waals surface area contributed by atoms with Crippen LogP contribution in [0, 0.1) is 6.92 Å². The lowest BCUT2D eigenvalue weighted by Gasteiger charge is -2.21. The van der Waals surface area contributed by atoms with Gasteiger partial charge in [0.2, 0.25) is 15.9 Å². The van der Waals surface area contributed by atoms with Crippen LogP contribution in [0.4, 0.5) is 5.69 Å². The molecule has 1 amide bonds. The van der Waals surface area contributed by atoms with E-state index < -0.39 is 10.0 Å². The van der Waals surface area contributed by atoms with Crippen LogP contribution in [0.1, 0.15) is 19.4 Å². The van der Waals surface area contributed by atoms with Crippen LogP contribution < -0.4 is 10.6 Å². The first-order chi connectivity index (χ1) is 11.2. The van der Waals surface area contributed by atoms with Crippen LogP contribution in [0.3, 0.4) is 0 Å². The minimum atomic E-state index is -3.59. The maximum Gasteiger partial charge on any atom is 0.243 e. The number of nitrogens with one attached hydrogen (secondary N) is 2. The highest BCUT2D eigenvalue weighted by Crippen LogP contribution is 2.23. The van der Waals surface area contributed by atoms with E-state index in [9.17, 15) is 13.2 Å². The number of hydrogen-bond acceptors (Lipinski definition) is 5. The van der Waals surface area contributed by atoms with Crippen LogP contribution in [0.15, 0.2) is 23.1 Å². The number of ether oxygens (including phenoxy) is 1. The van der Waals surface area contributed by atoms with E-state index >= 15 is 0 Å². The van der Waals surface area contributed by atoms with Gasteiger partial charge in [-0.3, -0.25) is 4.79 Å². The average Bonchev–Trinajstić information content (AvgIpc) is 2.52. The smallest absolute Gasteiger partial charge is 0.243 e. The number of methoxy groups -OCH3 is 1. The van der Waals surface area contributed by atoms with Gasteiger partial charge in [0.25, 0.3) is 0 Å². The van der Waals surface area contributed by atoms with E-state index in [0.717, 1.165) is 5.56 Å². The van der Waals surface area contributed by atoms with E-state index in [1.54, 1.807) is 33.1 Å². The number of rotatable bonds is 9. The van der Waals surface area contributed by atoms with E-state index in [-0.39, 0.29) is 35.8 Å². The van der Waals surface area contributed by atoms with Crippen molar-refractivity contribution in [3.63, 3.8) is 0 Å². The van der Waals surface area contributed by atoms with E-state index in [4.69, 9.17) is 4.74 Å². The molecule has 0 fully saturated rings. The Hall–Kier alpha value is -1.19. The Bertz CT molecular complexity index is 665. The van der Waals surface area contributed by atoms with Crippen LogP contribution in [0.25, 0.3) is 0 Å². The number of amides is 1. The number of hydrogen-bond donors (Lipinski definition) is 2. The molecule has 2 N–H and O–H groups in total. The van der Waals surface area contributed by atoms with Crippen molar-refractivity contribution < 1.29 is 17.9 Å². The molecular formula is C16H28ClN3O4S. The monoisotopic (exact) mass is 393 g/mol. The largest absolute Gasteiger partial charge is 0.383 e. The van der Waals surface area contributed by atoms with Crippen molar-refractivity contribution in [3.05, 3.63) is 23.8 Å². The van der Waals surface area contributed by atoms with Gasteiger partial charge in [-0.05, 0) is 38.5 Å². The molecule has 0 radical (unpaired) electrons. The van der Waals surface area contributed by atoms with Gasteiger partial charge < -0.3 is 15.4 Å². The molecule has 1 aromatic carbocycles. The Morgan fingerprint density at radius 2 is 1.96 bits per heavy atom. The Morgan fingerprint density at radius 3 is 2.52 bits per heavy atom. The van der Waals surface area contributed by atoms with E-state index in [1.807, 2.05) is 6.92 Å². The molecule has 25 heavy (non-hydrogen) atoms. The first-order valence-corrected chi connectivity index (χ1v) is 9.22. The van der Waals surface area contributed by atoms with Crippen molar-refractivity contribution in [2.24, 2.45) is 0 Å². The highest BCUT2D eigenvalue weighted by Gasteiger charge is 2.23. The van der Waals surface area contributed by atoms with Crippen LogP contribution in [-0.4, -0.2) is 58.5 Å². The lowest BCUT2D eigenvalue weighted by Crippen LogP contribution is -2.33. The van der Waals surface area contributed by atoms with Crippen molar-refractivity contribution in [2.45, 2.75) is 31.7 Å². The molecule has 0 saturated heterocycles. The van der Waals surface area contributed by atoms with Gasteiger partial charge in [0.15, 0.2) is 0 Å². The second-order valence-corrected chi connectivity index (χ2v) is 7.81. The van der Waals surface area contributed by atoms with E-state index in [1.165, 1.54) is 17.4 Å². The van der Waals surface area contributed by atoms with Crippen LogP contribution in [0.5, 0.6) is 0 Å². The Morgan fingerprint density at radius 1 is 1.32 bits per heavy atom. The summed E-state index contributed by atoms with van der Waals surface area (Å²) in [5.74, 6) is -0.235. The lowest BCUT2D eigenvalue weighted by atomic mass is 10.2. The predicted octanol–water partition coefficient (Wildman–Crippen LogP) is 1.62. The fourth-order valence-electron chi connectivity index (χ4n) is 1.91. The number of nitrogens with zero attached hydrogens (tertiary/aromatic N) is 1. The van der Waals surface area contributed by atoms with Crippen LogP contribution in [-0.2, 0) is 19.6 Å². The van der Waals surface area contributed by atoms with E-state index in [0.29, 0.717) is 18.8 Å². The van der Waals surface area contributed by atoms with Gasteiger partial charge >= 0.3 is 0 Å². The Labute approximate surface area is 156 Å². The Balaban J connectivity index is 0.00000576. The molecule has 9 heteroatoms. The molecule has 0 aliphatic rings. The van der Waals surface area contributed by atoms with Crippen molar-refractivity contribution in [1.29, 1.82) is 0 Å². The standard InChI is InChI=1S/C16H27N3O4S.ClH/c1-12(2)19(4)24(21,22)14-7-6-13(3)15(10-14)18-16(20)11-17-8-9-23-5;/h6-7,10,12,17H,8-9,11H2,1-5H3,(H,18,20);1H. The first kappa shape index (κ1) is 23.8. The fraction of sp³-hybridized carbons (Fsp3) is 0.562. The first-order valence-electron chi connectivity index (χ1n) is 7.78. The minimum Gasteiger partial charge on any atom is -0.383 e. The molecule has 0 bridgehead atoms. The summed E-state index contributed by atoms with van der Waals surface area (Å²) in [5.41, 5.74) is 1.29. The molecule has 0 heterocycles. The number of sulfonamides is 1. The summed E-state index contributed by atoms with van der Waals surface area (Å²) in [6.45, 7) is 6.64. The molecule has 1 aromatic rings. The number of carbonyl (C=O) groups is 1. The molecule has 0 aliphatic heterocycles. The molecule has 0 unspecified atom stereocenters. The van der Waals surface area contributed by atoms with Crippen molar-refractivity contribution in [3.8, 4) is 0 Å². The molecule has 1 rings (SSSR count). The zero-order chi connectivity index (χ0) is 18.3. The number of anilines is 1. The number of benzene rings is 1. The molecule has 0 atom stereocenters. The van der Waals surface area contributed by atoms with Gasteiger partial charge in [-0.25, -0.2) is 8.42 Å². The summed E-state index contributed by atoms with van der Waals surface area (Å²) >= 11 is 0. The number of carbonyl (C=O) groups excluding carboxylic acids is 1. The van der Waals surface area contributed by atoms with Gasteiger partial charge in [0.05, 0.1) is 18.0 Å². The van der Waals surface area contributed by atoms with Gasteiger partial charge in [-0.2, -0.15) is 4.31 Å². The maximum absolute atomic E-state index is 12.6. The zero-order valence-corrected chi connectivity index (χ0v) is 17.0. The SMILES string of the molecule is COCCNCC(=O)Nc1cc(S(=O)(=O)N(C)C(C)C)ccc1C.Cl. The second-order valence-electron chi connectivity index (χ2n) is 5.81. The summed E-state index contributed by atoms with van der Waals surface area (Å²) in [6.07, 6.45) is 0. The predicted molar refractivity (Wildman–Crippen MR) is 102 cm³/mol. The molecule has 0 saturated carbocycles. The molecule has 7 nitrogen and oxygen atoms in total. The van der Waals surface area contributed by atoms with Crippen LogP contribution >= 0.6 is 12.4 Å². The lowest BCUT2D eigenvalue weighted by molar-refractivity contribution is -0.115. The third-order valence-corrected chi connectivity index (χ3v) is 5.69. The third kappa shape index (κ3) is 6.91. The van der Waals surface area contributed by atoms with Crippen molar-refractivity contribution >= 4 is 34.0 Å².